The number of hydrogen-bond donors (Lipinski definition) is 1. The van der Waals surface area contributed by atoms with E-state index in [1.807, 2.05) is 68.4 Å². The number of rotatable bonds is 12. The number of para-hydroxylation sites is 1. The molecule has 0 aromatic heterocycles. The molecular formula is C33H33BrClN3O4S. The van der Waals surface area contributed by atoms with Gasteiger partial charge < -0.3 is 10.2 Å². The Balaban J connectivity index is 1.78. The fourth-order valence-electron chi connectivity index (χ4n) is 4.58. The summed E-state index contributed by atoms with van der Waals surface area (Å²) in [5.74, 6) is -0.847. The Morgan fingerprint density at radius 1 is 0.814 bits per heavy atom. The molecule has 0 radical (unpaired) electrons. The van der Waals surface area contributed by atoms with Crippen LogP contribution < -0.4 is 9.62 Å². The van der Waals surface area contributed by atoms with Crippen molar-refractivity contribution in [1.82, 2.24) is 10.2 Å². The largest absolute Gasteiger partial charge is 0.352 e. The quantitative estimate of drug-likeness (QED) is 0.186. The molecule has 4 rings (SSSR count). The number of amides is 2. The van der Waals surface area contributed by atoms with Crippen molar-refractivity contribution >= 4 is 55.1 Å². The van der Waals surface area contributed by atoms with Gasteiger partial charge >= 0.3 is 0 Å². The Hall–Kier alpha value is -3.66. The molecule has 2 amide bonds. The number of sulfonamides is 1. The van der Waals surface area contributed by atoms with Gasteiger partial charge in [0, 0.05) is 28.5 Å². The minimum atomic E-state index is -4.18. The lowest BCUT2D eigenvalue weighted by Crippen LogP contribution is -2.54. The molecule has 1 unspecified atom stereocenters. The highest BCUT2D eigenvalue weighted by Crippen LogP contribution is 2.26. The molecule has 1 atom stereocenters. The maximum absolute atomic E-state index is 14.4. The molecular weight excluding hydrogens is 650 g/mol. The third-order valence-corrected chi connectivity index (χ3v) is 9.26. The molecule has 0 saturated carbocycles. The van der Waals surface area contributed by atoms with Crippen molar-refractivity contribution in [2.24, 2.45) is 0 Å². The minimum Gasteiger partial charge on any atom is -0.352 e. The van der Waals surface area contributed by atoms with Crippen LogP contribution in [0.3, 0.4) is 0 Å². The van der Waals surface area contributed by atoms with E-state index < -0.39 is 28.5 Å². The SMILES string of the molecule is CC(C)NC(=O)C(Cc1ccccc1)N(Cc1ccc(Br)cc1)C(=O)CN(c1ccccc1)S(=O)(=O)c1ccc(Cl)cc1. The molecule has 7 nitrogen and oxygen atoms in total. The second-order valence-corrected chi connectivity index (χ2v) is 13.5. The van der Waals surface area contributed by atoms with Gasteiger partial charge in [-0.25, -0.2) is 8.42 Å². The van der Waals surface area contributed by atoms with Crippen LogP contribution in [0.1, 0.15) is 25.0 Å². The summed E-state index contributed by atoms with van der Waals surface area (Å²) in [4.78, 5) is 29.5. The smallest absolute Gasteiger partial charge is 0.264 e. The monoisotopic (exact) mass is 681 g/mol. The number of carbonyl (C=O) groups is 2. The molecule has 0 fully saturated rings. The summed E-state index contributed by atoms with van der Waals surface area (Å²) in [6.45, 7) is 3.28. The Kier molecular flexibility index (Phi) is 11.0. The second-order valence-electron chi connectivity index (χ2n) is 10.3. The maximum Gasteiger partial charge on any atom is 0.264 e. The number of carbonyl (C=O) groups excluding carboxylic acids is 2. The second kappa shape index (κ2) is 14.7. The lowest BCUT2D eigenvalue weighted by molar-refractivity contribution is -0.140. The number of hydrogen-bond acceptors (Lipinski definition) is 4. The van der Waals surface area contributed by atoms with Crippen LogP contribution in [0.2, 0.25) is 5.02 Å². The third-order valence-electron chi connectivity index (χ3n) is 6.69. The molecule has 4 aromatic carbocycles. The van der Waals surface area contributed by atoms with Gasteiger partial charge in [0.25, 0.3) is 10.0 Å². The lowest BCUT2D eigenvalue weighted by atomic mass is 10.0. The van der Waals surface area contributed by atoms with E-state index >= 15 is 0 Å². The normalized spacial score (nSPS) is 12.0. The molecule has 0 saturated heterocycles. The summed E-state index contributed by atoms with van der Waals surface area (Å²) in [6.07, 6.45) is 0.247. The van der Waals surface area contributed by atoms with Gasteiger partial charge in [-0.3, -0.25) is 13.9 Å². The number of nitrogens with zero attached hydrogens (tertiary/aromatic N) is 2. The van der Waals surface area contributed by atoms with Crippen LogP contribution in [0.4, 0.5) is 5.69 Å². The van der Waals surface area contributed by atoms with Gasteiger partial charge in [-0.05, 0) is 73.5 Å². The van der Waals surface area contributed by atoms with Crippen molar-refractivity contribution in [3.8, 4) is 0 Å². The van der Waals surface area contributed by atoms with Crippen LogP contribution in [0.5, 0.6) is 0 Å². The zero-order chi connectivity index (χ0) is 31.0. The predicted octanol–water partition coefficient (Wildman–Crippen LogP) is 6.46. The third kappa shape index (κ3) is 8.69. The molecule has 0 aliphatic carbocycles. The number of nitrogens with one attached hydrogen (secondary N) is 1. The van der Waals surface area contributed by atoms with Gasteiger partial charge in [0.2, 0.25) is 11.8 Å². The topological polar surface area (TPSA) is 86.8 Å². The molecule has 10 heteroatoms. The van der Waals surface area contributed by atoms with Gasteiger partial charge in [-0.1, -0.05) is 88.2 Å². The number of anilines is 1. The molecule has 0 aliphatic rings. The van der Waals surface area contributed by atoms with E-state index in [1.165, 1.54) is 29.2 Å². The molecule has 1 N–H and O–H groups in total. The summed E-state index contributed by atoms with van der Waals surface area (Å²) in [5, 5.41) is 3.35. The molecule has 4 aromatic rings. The molecule has 0 heterocycles. The molecule has 224 valence electrons. The van der Waals surface area contributed by atoms with Gasteiger partial charge in [-0.2, -0.15) is 0 Å². The van der Waals surface area contributed by atoms with E-state index in [4.69, 9.17) is 11.6 Å². The van der Waals surface area contributed by atoms with Crippen molar-refractivity contribution in [3.63, 3.8) is 0 Å². The highest BCUT2D eigenvalue weighted by atomic mass is 79.9. The van der Waals surface area contributed by atoms with E-state index in [-0.39, 0.29) is 29.8 Å². The van der Waals surface area contributed by atoms with Crippen molar-refractivity contribution in [3.05, 3.63) is 130 Å². The first kappa shape index (κ1) is 32.3. The Labute approximate surface area is 266 Å². The van der Waals surface area contributed by atoms with Crippen LogP contribution in [0.15, 0.2) is 119 Å². The van der Waals surface area contributed by atoms with Gasteiger partial charge in [0.05, 0.1) is 10.6 Å². The molecule has 0 spiro atoms. The highest BCUT2D eigenvalue weighted by Gasteiger charge is 2.34. The van der Waals surface area contributed by atoms with E-state index in [9.17, 15) is 18.0 Å². The summed E-state index contributed by atoms with van der Waals surface area (Å²) in [5.41, 5.74) is 1.98. The Bertz CT molecular complexity index is 1620. The molecule has 0 aliphatic heterocycles. The molecule has 0 bridgehead atoms. The van der Waals surface area contributed by atoms with Crippen molar-refractivity contribution in [1.29, 1.82) is 0 Å². The summed E-state index contributed by atoms with van der Waals surface area (Å²) < 4.78 is 29.9. The Morgan fingerprint density at radius 2 is 1.40 bits per heavy atom. The molecule has 43 heavy (non-hydrogen) atoms. The first-order valence-corrected chi connectivity index (χ1v) is 16.4. The van der Waals surface area contributed by atoms with E-state index in [2.05, 4.69) is 21.2 Å². The Morgan fingerprint density at radius 3 is 1.98 bits per heavy atom. The predicted molar refractivity (Wildman–Crippen MR) is 174 cm³/mol. The van der Waals surface area contributed by atoms with Gasteiger partial charge in [-0.15, -0.1) is 0 Å². The van der Waals surface area contributed by atoms with Crippen LogP contribution >= 0.6 is 27.5 Å². The number of benzene rings is 4. The van der Waals surface area contributed by atoms with Crippen LogP contribution in [0, 0.1) is 0 Å². The first-order chi connectivity index (χ1) is 20.5. The van der Waals surface area contributed by atoms with Crippen LogP contribution in [0.25, 0.3) is 0 Å². The van der Waals surface area contributed by atoms with Crippen molar-refractivity contribution < 1.29 is 18.0 Å². The first-order valence-electron chi connectivity index (χ1n) is 13.8. The maximum atomic E-state index is 14.4. The average Bonchev–Trinajstić information content (AvgIpc) is 2.99. The minimum absolute atomic E-state index is 0.00796. The standard InChI is InChI=1S/C33H33BrClN3O4S/c1-24(2)36-33(40)31(21-25-9-5-3-6-10-25)37(22-26-13-15-27(34)16-14-26)32(39)23-38(29-11-7-4-8-12-29)43(41,42)30-19-17-28(35)18-20-30/h3-20,24,31H,21-23H2,1-2H3,(H,36,40). The number of halogens is 2. The zero-order valence-corrected chi connectivity index (χ0v) is 27.0. The van der Waals surface area contributed by atoms with Gasteiger partial charge in [0.1, 0.15) is 12.6 Å². The summed E-state index contributed by atoms with van der Waals surface area (Å²) in [6, 6.07) is 30.1. The highest BCUT2D eigenvalue weighted by molar-refractivity contribution is 9.10. The van der Waals surface area contributed by atoms with E-state index in [0.717, 1.165) is 19.9 Å². The van der Waals surface area contributed by atoms with E-state index in [0.29, 0.717) is 10.7 Å². The van der Waals surface area contributed by atoms with E-state index in [1.54, 1.807) is 30.3 Å². The van der Waals surface area contributed by atoms with Crippen LogP contribution in [-0.4, -0.2) is 43.8 Å². The van der Waals surface area contributed by atoms with Crippen LogP contribution in [-0.2, 0) is 32.6 Å². The summed E-state index contributed by atoms with van der Waals surface area (Å²) in [7, 11) is -4.18. The average molecular weight is 683 g/mol. The lowest BCUT2D eigenvalue weighted by Gasteiger charge is -2.34. The zero-order valence-electron chi connectivity index (χ0n) is 23.9. The van der Waals surface area contributed by atoms with Crippen molar-refractivity contribution in [2.45, 2.75) is 43.8 Å². The fraction of sp³-hybridized carbons (Fsp3) is 0.212. The fourth-order valence-corrected chi connectivity index (χ4v) is 6.38. The summed E-state index contributed by atoms with van der Waals surface area (Å²) >= 11 is 9.47. The van der Waals surface area contributed by atoms with Gasteiger partial charge in [0.15, 0.2) is 0 Å². The van der Waals surface area contributed by atoms with Crippen molar-refractivity contribution in [2.75, 3.05) is 10.8 Å².